The summed E-state index contributed by atoms with van der Waals surface area (Å²) in [5.41, 5.74) is 0. The number of nitrogens with zero attached hydrogens (tertiary/aromatic N) is 2. The molecule has 2 rings (SSSR count). The zero-order valence-corrected chi connectivity index (χ0v) is 13.1. The van der Waals surface area contributed by atoms with E-state index < -0.39 is 0 Å². The van der Waals surface area contributed by atoms with Crippen molar-refractivity contribution in [2.24, 2.45) is 0 Å². The monoisotopic (exact) mass is 303 g/mol. The second kappa shape index (κ2) is 8.47. The van der Waals surface area contributed by atoms with Crippen LogP contribution in [0.2, 0.25) is 0 Å². The lowest BCUT2D eigenvalue weighted by atomic mass is 10.1. The van der Waals surface area contributed by atoms with E-state index in [1.54, 1.807) is 0 Å². The van der Waals surface area contributed by atoms with Gasteiger partial charge in [0, 0.05) is 32.7 Å². The molecule has 1 unspecified atom stereocenters. The van der Waals surface area contributed by atoms with Crippen LogP contribution >= 0.6 is 12.4 Å². The van der Waals surface area contributed by atoms with E-state index in [0.717, 1.165) is 45.6 Å². The van der Waals surface area contributed by atoms with Gasteiger partial charge in [-0.15, -0.1) is 12.4 Å². The molecule has 2 fully saturated rings. The fourth-order valence-corrected chi connectivity index (χ4v) is 2.89. The molecule has 1 atom stereocenters. The van der Waals surface area contributed by atoms with Gasteiger partial charge in [0.1, 0.15) is 0 Å². The Hall–Kier alpha value is -0.810. The minimum Gasteiger partial charge on any atom is -0.343 e. The first-order valence-corrected chi connectivity index (χ1v) is 7.52. The Morgan fingerprint density at radius 3 is 2.45 bits per heavy atom. The first-order chi connectivity index (χ1) is 9.22. The first-order valence-electron chi connectivity index (χ1n) is 7.52. The van der Waals surface area contributed by atoms with Crippen LogP contribution < -0.4 is 5.32 Å². The molecule has 2 heterocycles. The molecule has 2 amide bonds. The second-order valence-corrected chi connectivity index (χ2v) is 5.42. The number of carbonyl (C=O) groups excluding carboxylic acids is 2. The van der Waals surface area contributed by atoms with E-state index in [2.05, 4.69) is 5.32 Å². The van der Waals surface area contributed by atoms with E-state index in [9.17, 15) is 9.59 Å². The quantitative estimate of drug-likeness (QED) is 0.847. The van der Waals surface area contributed by atoms with Crippen LogP contribution in [-0.2, 0) is 9.59 Å². The number of likely N-dealkylation sites (tertiary alicyclic amines) is 1. The summed E-state index contributed by atoms with van der Waals surface area (Å²) in [6, 6.07) is -0.315. The third-order valence-electron chi connectivity index (χ3n) is 4.10. The fourth-order valence-electron chi connectivity index (χ4n) is 2.89. The third-order valence-corrected chi connectivity index (χ3v) is 4.10. The summed E-state index contributed by atoms with van der Waals surface area (Å²) in [5, 5.41) is 3.18. The number of nitrogens with one attached hydrogen (secondary N) is 1. The molecule has 0 aromatic carbocycles. The van der Waals surface area contributed by atoms with Crippen molar-refractivity contribution in [1.82, 2.24) is 15.1 Å². The van der Waals surface area contributed by atoms with Crippen LogP contribution in [0, 0.1) is 0 Å². The molecule has 2 aliphatic rings. The molecule has 6 heteroatoms. The van der Waals surface area contributed by atoms with Crippen molar-refractivity contribution in [3.63, 3.8) is 0 Å². The van der Waals surface area contributed by atoms with E-state index in [1.165, 1.54) is 12.8 Å². The van der Waals surface area contributed by atoms with Crippen molar-refractivity contribution >= 4 is 24.2 Å². The summed E-state index contributed by atoms with van der Waals surface area (Å²) >= 11 is 0. The maximum atomic E-state index is 12.3. The van der Waals surface area contributed by atoms with Crippen LogP contribution in [0.4, 0.5) is 0 Å². The highest BCUT2D eigenvalue weighted by atomic mass is 35.5. The number of amides is 2. The summed E-state index contributed by atoms with van der Waals surface area (Å²) in [4.78, 5) is 28.2. The summed E-state index contributed by atoms with van der Waals surface area (Å²) in [6.45, 7) is 5.97. The lowest BCUT2D eigenvalue weighted by molar-refractivity contribution is -0.140. The van der Waals surface area contributed by atoms with E-state index in [1.807, 2.05) is 16.7 Å². The van der Waals surface area contributed by atoms with Crippen molar-refractivity contribution in [2.45, 2.75) is 45.1 Å². The van der Waals surface area contributed by atoms with E-state index in [4.69, 9.17) is 0 Å². The van der Waals surface area contributed by atoms with Gasteiger partial charge < -0.3 is 15.1 Å². The van der Waals surface area contributed by atoms with Gasteiger partial charge in [-0.2, -0.15) is 0 Å². The molecule has 0 saturated carbocycles. The predicted octanol–water partition coefficient (Wildman–Crippen LogP) is 1.02. The average molecular weight is 304 g/mol. The lowest BCUT2D eigenvalue weighted by Gasteiger charge is -2.33. The van der Waals surface area contributed by atoms with Crippen LogP contribution in [-0.4, -0.2) is 60.4 Å². The van der Waals surface area contributed by atoms with Gasteiger partial charge in [-0.05, 0) is 19.8 Å². The van der Waals surface area contributed by atoms with Crippen molar-refractivity contribution in [3.05, 3.63) is 0 Å². The number of rotatable bonds is 3. The number of hydrogen-bond acceptors (Lipinski definition) is 3. The van der Waals surface area contributed by atoms with Crippen LogP contribution in [0.1, 0.15) is 39.0 Å². The average Bonchev–Trinajstić information content (AvgIpc) is 2.70. The molecular weight excluding hydrogens is 278 g/mol. The molecule has 0 spiro atoms. The minimum absolute atomic E-state index is 0. The molecule has 0 bridgehead atoms. The van der Waals surface area contributed by atoms with Gasteiger partial charge in [-0.25, -0.2) is 0 Å². The molecule has 1 N–H and O–H groups in total. The van der Waals surface area contributed by atoms with Gasteiger partial charge >= 0.3 is 0 Å². The molecule has 5 nitrogen and oxygen atoms in total. The Kier molecular flexibility index (Phi) is 7.30. The Labute approximate surface area is 127 Å². The van der Waals surface area contributed by atoms with Gasteiger partial charge in [0.15, 0.2) is 0 Å². The maximum Gasteiger partial charge on any atom is 0.240 e. The standard InChI is InChI=1S/C14H25N3O2.ClH/c1-2-16-10-7-15-12(14(16)19)11-13(18)17-8-5-3-4-6-9-17;/h12,15H,2-11H2,1H3;1H. The smallest absolute Gasteiger partial charge is 0.240 e. The van der Waals surface area contributed by atoms with Crippen molar-refractivity contribution < 1.29 is 9.59 Å². The Balaban J connectivity index is 0.00000200. The lowest BCUT2D eigenvalue weighted by Crippen LogP contribution is -2.56. The second-order valence-electron chi connectivity index (χ2n) is 5.42. The molecular formula is C14H26ClN3O2. The summed E-state index contributed by atoms with van der Waals surface area (Å²) < 4.78 is 0. The Bertz CT molecular complexity index is 330. The van der Waals surface area contributed by atoms with Gasteiger partial charge in [0.2, 0.25) is 11.8 Å². The molecule has 0 aromatic rings. The Morgan fingerprint density at radius 1 is 1.20 bits per heavy atom. The van der Waals surface area contributed by atoms with Gasteiger partial charge in [0.25, 0.3) is 0 Å². The predicted molar refractivity (Wildman–Crippen MR) is 81.0 cm³/mol. The van der Waals surface area contributed by atoms with Crippen molar-refractivity contribution in [1.29, 1.82) is 0 Å². The van der Waals surface area contributed by atoms with Crippen LogP contribution in [0.15, 0.2) is 0 Å². The highest BCUT2D eigenvalue weighted by Crippen LogP contribution is 2.13. The highest BCUT2D eigenvalue weighted by molar-refractivity contribution is 5.89. The number of carbonyl (C=O) groups is 2. The number of hydrogen-bond donors (Lipinski definition) is 1. The molecule has 20 heavy (non-hydrogen) atoms. The molecule has 116 valence electrons. The number of piperazine rings is 1. The third kappa shape index (κ3) is 4.35. The van der Waals surface area contributed by atoms with Crippen molar-refractivity contribution in [3.8, 4) is 0 Å². The van der Waals surface area contributed by atoms with Crippen LogP contribution in [0.3, 0.4) is 0 Å². The van der Waals surface area contributed by atoms with Gasteiger partial charge in [-0.1, -0.05) is 12.8 Å². The SMILES string of the molecule is CCN1CCNC(CC(=O)N2CCCCCC2)C1=O.Cl. The molecule has 0 aliphatic carbocycles. The zero-order chi connectivity index (χ0) is 13.7. The maximum absolute atomic E-state index is 12.3. The van der Waals surface area contributed by atoms with Crippen molar-refractivity contribution in [2.75, 3.05) is 32.7 Å². The van der Waals surface area contributed by atoms with Gasteiger partial charge in [0.05, 0.1) is 12.5 Å². The first kappa shape index (κ1) is 17.2. The normalized spacial score (nSPS) is 24.1. The summed E-state index contributed by atoms with van der Waals surface area (Å²) in [5.74, 6) is 0.211. The summed E-state index contributed by atoms with van der Waals surface area (Å²) in [6.07, 6.45) is 4.94. The van der Waals surface area contributed by atoms with Crippen LogP contribution in [0.5, 0.6) is 0 Å². The Morgan fingerprint density at radius 2 is 1.85 bits per heavy atom. The molecule has 0 aromatic heterocycles. The topological polar surface area (TPSA) is 52.7 Å². The largest absolute Gasteiger partial charge is 0.343 e. The minimum atomic E-state index is -0.315. The number of halogens is 1. The fraction of sp³-hybridized carbons (Fsp3) is 0.857. The van der Waals surface area contributed by atoms with E-state index in [0.29, 0.717) is 6.42 Å². The van der Waals surface area contributed by atoms with Gasteiger partial charge in [-0.3, -0.25) is 9.59 Å². The molecule has 2 aliphatic heterocycles. The summed E-state index contributed by atoms with van der Waals surface area (Å²) in [7, 11) is 0. The van der Waals surface area contributed by atoms with E-state index in [-0.39, 0.29) is 30.3 Å². The van der Waals surface area contributed by atoms with E-state index >= 15 is 0 Å². The zero-order valence-electron chi connectivity index (χ0n) is 12.3. The molecule has 2 saturated heterocycles. The number of likely N-dealkylation sites (N-methyl/N-ethyl adjacent to an activating group) is 1. The highest BCUT2D eigenvalue weighted by Gasteiger charge is 2.30. The van der Waals surface area contributed by atoms with Crippen LogP contribution in [0.25, 0.3) is 0 Å². The molecule has 0 radical (unpaired) electrons.